The number of ether oxygens (including phenoxy) is 1. The number of fused-ring (bicyclic) bond motifs is 1. The highest BCUT2D eigenvalue weighted by atomic mass is 35.5. The number of hydrogen-bond donors (Lipinski definition) is 1. The Labute approximate surface area is 256 Å². The van der Waals surface area contributed by atoms with Gasteiger partial charge in [-0.15, -0.1) is 0 Å². The molecule has 7 nitrogen and oxygen atoms in total. The Bertz CT molecular complexity index is 1660. The summed E-state index contributed by atoms with van der Waals surface area (Å²) in [5.41, 5.74) is 1.52. The van der Waals surface area contributed by atoms with E-state index in [4.69, 9.17) is 32.5 Å². The van der Waals surface area contributed by atoms with Gasteiger partial charge >= 0.3 is 5.97 Å². The Morgan fingerprint density at radius 2 is 1.86 bits per heavy atom. The molecule has 0 bridgehead atoms. The number of rotatable bonds is 10. The smallest absolute Gasteiger partial charge is 0.337 e. The number of halogens is 5. The molecule has 2 aromatic heterocycles. The number of piperidine rings is 1. The summed E-state index contributed by atoms with van der Waals surface area (Å²) in [6.07, 6.45) is 1.83. The molecule has 1 unspecified atom stereocenters. The highest BCUT2D eigenvalue weighted by Crippen LogP contribution is 2.51. The third-order valence-corrected chi connectivity index (χ3v) is 9.16. The number of anilines is 1. The Balaban J connectivity index is 1.14. The fourth-order valence-corrected chi connectivity index (χ4v) is 6.42. The summed E-state index contributed by atoms with van der Waals surface area (Å²) < 4.78 is 56.6. The molecule has 43 heavy (non-hydrogen) atoms. The molecule has 1 atom stereocenters. The Hall–Kier alpha value is -3.21. The fourth-order valence-electron chi connectivity index (χ4n) is 5.84. The van der Waals surface area contributed by atoms with E-state index >= 15 is 4.39 Å². The summed E-state index contributed by atoms with van der Waals surface area (Å²) in [6, 6.07) is 10.6. The van der Waals surface area contributed by atoms with E-state index in [1.165, 1.54) is 0 Å². The van der Waals surface area contributed by atoms with E-state index in [2.05, 4.69) is 10.1 Å². The largest absolute Gasteiger partial charge is 0.478 e. The monoisotopic (exact) mass is 635 g/mol. The second-order valence-electron chi connectivity index (χ2n) is 11.4. The minimum absolute atomic E-state index is 0.0176. The van der Waals surface area contributed by atoms with Crippen LogP contribution in [0.25, 0.3) is 22.2 Å². The fraction of sp³-hybridized carbons (Fsp3) is 0.419. The van der Waals surface area contributed by atoms with Crippen molar-refractivity contribution >= 4 is 45.8 Å². The van der Waals surface area contributed by atoms with Crippen molar-refractivity contribution in [2.24, 2.45) is 5.92 Å². The molecule has 4 aromatic rings. The van der Waals surface area contributed by atoms with Crippen molar-refractivity contribution < 1.29 is 32.3 Å². The molecule has 1 saturated heterocycles. The van der Waals surface area contributed by atoms with Crippen molar-refractivity contribution in [1.82, 2.24) is 9.72 Å². The van der Waals surface area contributed by atoms with Crippen molar-refractivity contribution in [2.45, 2.75) is 57.3 Å². The van der Waals surface area contributed by atoms with Gasteiger partial charge in [0.15, 0.2) is 0 Å². The van der Waals surface area contributed by atoms with Crippen LogP contribution in [0.5, 0.6) is 0 Å². The number of benzene rings is 2. The van der Waals surface area contributed by atoms with Gasteiger partial charge in [0.05, 0.1) is 34.3 Å². The Morgan fingerprint density at radius 1 is 1.16 bits per heavy atom. The third kappa shape index (κ3) is 5.84. The van der Waals surface area contributed by atoms with Crippen LogP contribution in [-0.4, -0.2) is 52.1 Å². The second kappa shape index (κ2) is 11.4. The van der Waals surface area contributed by atoms with Crippen LogP contribution in [-0.2, 0) is 24.3 Å². The van der Waals surface area contributed by atoms with E-state index in [0.29, 0.717) is 51.9 Å². The van der Waals surface area contributed by atoms with Crippen molar-refractivity contribution in [3.63, 3.8) is 0 Å². The Morgan fingerprint density at radius 3 is 2.49 bits per heavy atom. The lowest BCUT2D eigenvalue weighted by Gasteiger charge is -2.37. The molecule has 3 heterocycles. The predicted molar refractivity (Wildman–Crippen MR) is 158 cm³/mol. The molecular weight excluding hydrogens is 606 g/mol. The summed E-state index contributed by atoms with van der Waals surface area (Å²) in [5.74, 6) is -4.31. The van der Waals surface area contributed by atoms with Gasteiger partial charge in [0.1, 0.15) is 17.1 Å². The lowest BCUT2D eigenvalue weighted by molar-refractivity contribution is -0.00762. The van der Waals surface area contributed by atoms with E-state index < -0.39 is 23.5 Å². The van der Waals surface area contributed by atoms with Gasteiger partial charge in [-0.25, -0.2) is 18.0 Å². The maximum absolute atomic E-state index is 15.9. The maximum Gasteiger partial charge on any atom is 0.337 e. The van der Waals surface area contributed by atoms with E-state index in [1.807, 2.05) is 23.6 Å². The van der Waals surface area contributed by atoms with E-state index in [-0.39, 0.29) is 50.2 Å². The van der Waals surface area contributed by atoms with E-state index in [0.717, 1.165) is 11.2 Å². The molecule has 12 heteroatoms. The molecule has 0 amide bonds. The van der Waals surface area contributed by atoms with E-state index in [9.17, 15) is 18.7 Å². The van der Waals surface area contributed by atoms with Crippen molar-refractivity contribution in [1.29, 1.82) is 0 Å². The molecule has 0 spiro atoms. The van der Waals surface area contributed by atoms with Crippen molar-refractivity contribution in [3.8, 4) is 11.3 Å². The highest BCUT2D eigenvalue weighted by Gasteiger charge is 2.57. The van der Waals surface area contributed by atoms with Gasteiger partial charge in [-0.1, -0.05) is 34.4 Å². The predicted octanol–water partition coefficient (Wildman–Crippen LogP) is 8.04. The number of nitrogens with zero attached hydrogens (tertiary/aromatic N) is 3. The molecule has 2 aromatic carbocycles. The van der Waals surface area contributed by atoms with Crippen LogP contribution < -0.4 is 4.90 Å². The van der Waals surface area contributed by atoms with Gasteiger partial charge in [-0.05, 0) is 37.3 Å². The molecule has 2 fully saturated rings. The standard InChI is InChI=1S/C31H30Cl2F3N3O4/c1-2-38-15-21(29(40)41)20-7-6-19(13-25(20)38)39-10-8-30(34,9-11-39)17-42-16-22-26(12-18-14-31(18,35)36)43-37-28(22)27-23(32)4-3-5-24(27)33/h3-7,13,15,18H,2,8-12,14,16-17H2,1H3,(H,40,41). The van der Waals surface area contributed by atoms with Crippen LogP contribution >= 0.6 is 23.2 Å². The number of alkyl halides is 3. The topological polar surface area (TPSA) is 80.7 Å². The SMILES string of the molecule is CCn1cc(C(=O)O)c2ccc(N3CCC(F)(COCc4c(-c5c(Cl)cccc5Cl)noc4CC4CC4(F)F)CC3)cc21. The molecule has 0 radical (unpaired) electrons. The summed E-state index contributed by atoms with van der Waals surface area (Å²) >= 11 is 12.8. The molecule has 1 aliphatic heterocycles. The van der Waals surface area contributed by atoms with Crippen LogP contribution in [0, 0.1) is 5.92 Å². The normalized spacial score (nSPS) is 19.2. The van der Waals surface area contributed by atoms with Crippen LogP contribution in [0.4, 0.5) is 18.9 Å². The van der Waals surface area contributed by atoms with Crippen molar-refractivity contribution in [3.05, 3.63) is 69.5 Å². The summed E-state index contributed by atoms with van der Waals surface area (Å²) in [7, 11) is 0. The number of carboxylic acids is 1. The molecule has 228 valence electrons. The van der Waals surface area contributed by atoms with E-state index in [1.54, 1.807) is 30.5 Å². The molecule has 2 aliphatic rings. The quantitative estimate of drug-likeness (QED) is 0.190. The molecule has 6 rings (SSSR count). The second-order valence-corrected chi connectivity index (χ2v) is 12.2. The number of carbonyl (C=O) groups is 1. The first-order chi connectivity index (χ1) is 20.5. The maximum atomic E-state index is 15.9. The van der Waals surface area contributed by atoms with Crippen LogP contribution in [0.15, 0.2) is 47.1 Å². The lowest BCUT2D eigenvalue weighted by atomic mass is 9.93. The average molecular weight is 636 g/mol. The number of aromatic nitrogens is 2. The van der Waals surface area contributed by atoms with Gasteiger partial charge in [0.25, 0.3) is 5.92 Å². The van der Waals surface area contributed by atoms with Gasteiger partial charge in [0, 0.05) is 79.6 Å². The van der Waals surface area contributed by atoms with Crippen LogP contribution in [0.2, 0.25) is 10.0 Å². The first kappa shape index (κ1) is 29.8. The number of carboxylic acid groups (broad SMARTS) is 1. The number of aromatic carboxylic acids is 1. The van der Waals surface area contributed by atoms with Gasteiger partial charge in [0.2, 0.25) is 0 Å². The number of hydrogen-bond acceptors (Lipinski definition) is 5. The van der Waals surface area contributed by atoms with Gasteiger partial charge in [-0.3, -0.25) is 0 Å². The van der Waals surface area contributed by atoms with Gasteiger partial charge < -0.3 is 23.8 Å². The average Bonchev–Trinajstić information content (AvgIpc) is 3.25. The zero-order chi connectivity index (χ0) is 30.5. The molecule has 1 saturated carbocycles. The zero-order valence-electron chi connectivity index (χ0n) is 23.4. The third-order valence-electron chi connectivity index (χ3n) is 8.53. The summed E-state index contributed by atoms with van der Waals surface area (Å²) in [6.45, 7) is 3.17. The lowest BCUT2D eigenvalue weighted by Crippen LogP contribution is -2.44. The summed E-state index contributed by atoms with van der Waals surface area (Å²) in [5, 5.41) is 15.0. The molecule has 1 N–H and O–H groups in total. The van der Waals surface area contributed by atoms with Crippen molar-refractivity contribution in [2.75, 3.05) is 24.6 Å². The summed E-state index contributed by atoms with van der Waals surface area (Å²) in [4.78, 5) is 13.7. The number of aryl methyl sites for hydroxylation is 1. The first-order valence-corrected chi connectivity index (χ1v) is 14.9. The first-order valence-electron chi connectivity index (χ1n) is 14.2. The Kier molecular flexibility index (Phi) is 7.89. The minimum atomic E-state index is -2.74. The van der Waals surface area contributed by atoms with Crippen LogP contribution in [0.1, 0.15) is 47.9 Å². The highest BCUT2D eigenvalue weighted by molar-refractivity contribution is 6.39. The van der Waals surface area contributed by atoms with Crippen LogP contribution in [0.3, 0.4) is 0 Å². The zero-order valence-corrected chi connectivity index (χ0v) is 24.9. The minimum Gasteiger partial charge on any atom is -0.478 e. The molecular formula is C31H30Cl2F3N3O4. The van der Waals surface area contributed by atoms with Gasteiger partial charge in [-0.2, -0.15) is 0 Å². The molecule has 1 aliphatic carbocycles.